The molecule has 1 aromatic carbocycles. The van der Waals surface area contributed by atoms with Crippen molar-refractivity contribution in [3.05, 3.63) is 35.4 Å². The SMILES string of the molecule is CCCC(=O)N[C@@H](Cc1ccc(C)cc1)C(=O)N1CCC(CCN2CCN(CCNC)CC2)CC1. The number of rotatable bonds is 12. The van der Waals surface area contributed by atoms with Crippen LogP contribution in [0.4, 0.5) is 0 Å². The molecule has 2 N–H and O–H groups in total. The predicted octanol–water partition coefficient (Wildman–Crippen LogP) is 2.29. The van der Waals surface area contributed by atoms with Gasteiger partial charge in [0.2, 0.25) is 11.8 Å². The summed E-state index contributed by atoms with van der Waals surface area (Å²) in [4.78, 5) is 32.9. The van der Waals surface area contributed by atoms with E-state index in [1.807, 2.05) is 18.9 Å². The van der Waals surface area contributed by atoms with Crippen LogP contribution in [0.15, 0.2) is 24.3 Å². The van der Waals surface area contributed by atoms with E-state index in [2.05, 4.69) is 51.6 Å². The highest BCUT2D eigenvalue weighted by Crippen LogP contribution is 2.22. The van der Waals surface area contributed by atoms with Crippen LogP contribution < -0.4 is 10.6 Å². The summed E-state index contributed by atoms with van der Waals surface area (Å²) in [7, 11) is 2.02. The molecule has 0 aliphatic carbocycles. The van der Waals surface area contributed by atoms with Crippen molar-refractivity contribution < 1.29 is 9.59 Å². The van der Waals surface area contributed by atoms with Crippen LogP contribution in [0, 0.1) is 12.8 Å². The number of benzene rings is 1. The van der Waals surface area contributed by atoms with E-state index < -0.39 is 6.04 Å². The van der Waals surface area contributed by atoms with Gasteiger partial charge < -0.3 is 20.4 Å². The summed E-state index contributed by atoms with van der Waals surface area (Å²) in [6.07, 6.45) is 5.15. The molecule has 2 saturated heterocycles. The first-order chi connectivity index (χ1) is 17.0. The van der Waals surface area contributed by atoms with Gasteiger partial charge in [-0.2, -0.15) is 0 Å². The molecule has 2 aliphatic rings. The normalized spacial score (nSPS) is 19.0. The van der Waals surface area contributed by atoms with Crippen molar-refractivity contribution in [1.82, 2.24) is 25.3 Å². The van der Waals surface area contributed by atoms with E-state index in [9.17, 15) is 9.59 Å². The Morgan fingerprint density at radius 3 is 2.20 bits per heavy atom. The summed E-state index contributed by atoms with van der Waals surface area (Å²) < 4.78 is 0. The van der Waals surface area contributed by atoms with Gasteiger partial charge in [0.1, 0.15) is 6.04 Å². The van der Waals surface area contributed by atoms with Crippen molar-refractivity contribution in [2.24, 2.45) is 5.92 Å². The number of amides is 2. The molecule has 35 heavy (non-hydrogen) atoms. The number of nitrogens with zero attached hydrogens (tertiary/aromatic N) is 3. The number of aryl methyl sites for hydroxylation is 1. The average molecular weight is 486 g/mol. The van der Waals surface area contributed by atoms with Gasteiger partial charge in [-0.05, 0) is 57.7 Å². The summed E-state index contributed by atoms with van der Waals surface area (Å²) in [6.45, 7) is 13.7. The van der Waals surface area contributed by atoms with Crippen LogP contribution in [-0.4, -0.2) is 98.5 Å². The molecule has 196 valence electrons. The Balaban J connectivity index is 1.44. The van der Waals surface area contributed by atoms with Crippen LogP contribution in [0.1, 0.15) is 50.2 Å². The maximum Gasteiger partial charge on any atom is 0.245 e. The number of hydrogen-bond acceptors (Lipinski definition) is 5. The maximum absolute atomic E-state index is 13.4. The molecule has 1 aromatic rings. The molecule has 7 nitrogen and oxygen atoms in total. The fourth-order valence-electron chi connectivity index (χ4n) is 5.19. The largest absolute Gasteiger partial charge is 0.344 e. The van der Waals surface area contributed by atoms with E-state index in [1.54, 1.807) is 0 Å². The summed E-state index contributed by atoms with van der Waals surface area (Å²) in [5, 5.41) is 6.27. The second-order valence-corrected chi connectivity index (χ2v) is 10.4. The molecule has 0 saturated carbocycles. The lowest BCUT2D eigenvalue weighted by molar-refractivity contribution is -0.137. The zero-order chi connectivity index (χ0) is 25.0. The highest BCUT2D eigenvalue weighted by molar-refractivity contribution is 5.88. The Hall–Kier alpha value is -1.96. The Labute approximate surface area is 212 Å². The monoisotopic (exact) mass is 485 g/mol. The van der Waals surface area contributed by atoms with Crippen LogP contribution in [0.3, 0.4) is 0 Å². The van der Waals surface area contributed by atoms with Crippen molar-refractivity contribution in [2.45, 2.75) is 58.4 Å². The molecular formula is C28H47N5O2. The minimum Gasteiger partial charge on any atom is -0.344 e. The van der Waals surface area contributed by atoms with Crippen LogP contribution in [0.5, 0.6) is 0 Å². The Bertz CT molecular complexity index is 768. The van der Waals surface area contributed by atoms with E-state index in [1.165, 1.54) is 44.7 Å². The lowest BCUT2D eigenvalue weighted by Gasteiger charge is -2.37. The zero-order valence-electron chi connectivity index (χ0n) is 22.2. The third-order valence-electron chi connectivity index (χ3n) is 7.59. The first-order valence-corrected chi connectivity index (χ1v) is 13.7. The van der Waals surface area contributed by atoms with Gasteiger partial charge >= 0.3 is 0 Å². The van der Waals surface area contributed by atoms with Gasteiger partial charge in [-0.25, -0.2) is 0 Å². The van der Waals surface area contributed by atoms with Gasteiger partial charge in [0, 0.05) is 65.2 Å². The van der Waals surface area contributed by atoms with Crippen molar-refractivity contribution >= 4 is 11.8 Å². The van der Waals surface area contributed by atoms with Crippen molar-refractivity contribution in [3.8, 4) is 0 Å². The molecule has 3 rings (SSSR count). The number of piperidine rings is 1. The minimum atomic E-state index is -0.479. The highest BCUT2D eigenvalue weighted by Gasteiger charge is 2.29. The van der Waals surface area contributed by atoms with Crippen LogP contribution in [0.25, 0.3) is 0 Å². The van der Waals surface area contributed by atoms with Crippen molar-refractivity contribution in [2.75, 3.05) is 66.0 Å². The summed E-state index contributed by atoms with van der Waals surface area (Å²) in [6, 6.07) is 7.78. The molecule has 2 fully saturated rings. The summed E-state index contributed by atoms with van der Waals surface area (Å²) in [5.41, 5.74) is 2.29. The van der Waals surface area contributed by atoms with Gasteiger partial charge in [0.15, 0.2) is 0 Å². The molecule has 2 amide bonds. The number of hydrogen-bond donors (Lipinski definition) is 2. The molecule has 0 bridgehead atoms. The Morgan fingerprint density at radius 2 is 1.60 bits per heavy atom. The quantitative estimate of drug-likeness (QED) is 0.476. The standard InChI is InChI=1S/C28H47N5O2/c1-4-5-27(34)30-26(22-25-8-6-23(2)7-9-25)28(35)33-15-11-24(12-16-33)10-14-31-18-20-32(21-19-31)17-13-29-3/h6-9,24,26,29H,4-5,10-22H2,1-3H3,(H,30,34)/t26-/m0/s1. The molecule has 2 heterocycles. The molecule has 0 spiro atoms. The topological polar surface area (TPSA) is 67.9 Å². The van der Waals surface area contributed by atoms with E-state index in [4.69, 9.17) is 0 Å². The van der Waals surface area contributed by atoms with Gasteiger partial charge in [0.25, 0.3) is 0 Å². The predicted molar refractivity (Wildman–Crippen MR) is 142 cm³/mol. The van der Waals surface area contributed by atoms with E-state index in [0.29, 0.717) is 18.8 Å². The fraction of sp³-hybridized carbons (Fsp3) is 0.714. The molecule has 0 unspecified atom stereocenters. The molecule has 0 aromatic heterocycles. The number of likely N-dealkylation sites (N-methyl/N-ethyl adjacent to an activating group) is 1. The van der Waals surface area contributed by atoms with Gasteiger partial charge in [0.05, 0.1) is 0 Å². The van der Waals surface area contributed by atoms with Crippen LogP contribution in [-0.2, 0) is 16.0 Å². The van der Waals surface area contributed by atoms with Crippen LogP contribution in [0.2, 0.25) is 0 Å². The number of carbonyl (C=O) groups is 2. The molecule has 7 heteroatoms. The lowest BCUT2D eigenvalue weighted by atomic mass is 9.92. The maximum atomic E-state index is 13.4. The summed E-state index contributed by atoms with van der Waals surface area (Å²) >= 11 is 0. The van der Waals surface area contributed by atoms with Crippen LogP contribution >= 0.6 is 0 Å². The van der Waals surface area contributed by atoms with E-state index in [0.717, 1.165) is 51.0 Å². The lowest BCUT2D eigenvalue weighted by Crippen LogP contribution is -2.52. The van der Waals surface area contributed by atoms with E-state index >= 15 is 0 Å². The average Bonchev–Trinajstić information content (AvgIpc) is 2.88. The fourth-order valence-corrected chi connectivity index (χ4v) is 5.19. The van der Waals surface area contributed by atoms with Crippen molar-refractivity contribution in [1.29, 1.82) is 0 Å². The molecular weight excluding hydrogens is 438 g/mol. The highest BCUT2D eigenvalue weighted by atomic mass is 16.2. The Morgan fingerprint density at radius 1 is 0.971 bits per heavy atom. The summed E-state index contributed by atoms with van der Waals surface area (Å²) in [5.74, 6) is 0.733. The number of carbonyl (C=O) groups excluding carboxylic acids is 2. The molecule has 1 atom stereocenters. The second kappa shape index (κ2) is 14.6. The first-order valence-electron chi connectivity index (χ1n) is 13.7. The van der Waals surface area contributed by atoms with Gasteiger partial charge in [-0.3, -0.25) is 14.5 Å². The molecule has 0 radical (unpaired) electrons. The van der Waals surface area contributed by atoms with Gasteiger partial charge in [-0.15, -0.1) is 0 Å². The minimum absolute atomic E-state index is 0.0288. The third kappa shape index (κ3) is 9.21. The third-order valence-corrected chi connectivity index (χ3v) is 7.59. The number of nitrogens with one attached hydrogen (secondary N) is 2. The Kier molecular flexibility index (Phi) is 11.5. The van der Waals surface area contributed by atoms with Gasteiger partial charge in [-0.1, -0.05) is 36.8 Å². The van der Waals surface area contributed by atoms with Crippen molar-refractivity contribution in [3.63, 3.8) is 0 Å². The first kappa shape index (κ1) is 27.6. The zero-order valence-corrected chi connectivity index (χ0v) is 22.2. The number of piperazine rings is 1. The number of likely N-dealkylation sites (tertiary alicyclic amines) is 1. The smallest absolute Gasteiger partial charge is 0.245 e. The molecule has 2 aliphatic heterocycles. The van der Waals surface area contributed by atoms with E-state index in [-0.39, 0.29) is 11.8 Å². The second-order valence-electron chi connectivity index (χ2n) is 10.4.